The second-order valence-corrected chi connectivity index (χ2v) is 9.09. The highest BCUT2D eigenvalue weighted by atomic mass is 35.5. The van der Waals surface area contributed by atoms with Crippen LogP contribution in [0.15, 0.2) is 59.8 Å². The van der Waals surface area contributed by atoms with Gasteiger partial charge in [-0.05, 0) is 43.7 Å². The van der Waals surface area contributed by atoms with E-state index in [1.165, 1.54) is 11.8 Å². The fraction of sp³-hybridized carbons (Fsp3) is 0.240. The molecule has 2 aromatic heterocycles. The predicted molar refractivity (Wildman–Crippen MR) is 133 cm³/mol. The lowest BCUT2D eigenvalue weighted by molar-refractivity contribution is 0.102. The monoisotopic (exact) mass is 480 g/mol. The van der Waals surface area contributed by atoms with Crippen molar-refractivity contribution in [3.05, 3.63) is 82.1 Å². The third kappa shape index (κ3) is 4.70. The van der Waals surface area contributed by atoms with Gasteiger partial charge in [-0.15, -0.1) is 10.2 Å². The van der Waals surface area contributed by atoms with Crippen LogP contribution in [0.5, 0.6) is 5.75 Å². The number of methoxy groups -OCH3 is 1. The lowest BCUT2D eigenvalue weighted by Gasteiger charge is -2.11. The number of Topliss-reactive ketones (excluding diaryl/α,β-unsaturated/α-hetero) is 1. The first-order chi connectivity index (χ1) is 15.9. The Morgan fingerprint density at radius 3 is 2.58 bits per heavy atom. The van der Waals surface area contributed by atoms with Crippen LogP contribution in [0.2, 0.25) is 5.02 Å². The minimum absolute atomic E-state index is 0.0559. The third-order valence-corrected chi connectivity index (χ3v) is 7.06. The molecule has 0 aliphatic carbocycles. The van der Waals surface area contributed by atoms with Gasteiger partial charge < -0.3 is 13.9 Å². The summed E-state index contributed by atoms with van der Waals surface area (Å²) < 4.78 is 9.46. The molecule has 0 N–H and O–H groups in total. The molecule has 4 rings (SSSR count). The second kappa shape index (κ2) is 9.85. The van der Waals surface area contributed by atoms with Crippen LogP contribution >= 0.6 is 23.4 Å². The summed E-state index contributed by atoms with van der Waals surface area (Å²) in [6.45, 7) is 4.61. The molecule has 0 spiro atoms. The summed E-state index contributed by atoms with van der Waals surface area (Å²) in [4.78, 5) is 13.1. The van der Waals surface area contributed by atoms with Crippen molar-refractivity contribution in [2.24, 2.45) is 7.05 Å². The maximum absolute atomic E-state index is 13.1. The highest BCUT2D eigenvalue weighted by Gasteiger charge is 2.19. The summed E-state index contributed by atoms with van der Waals surface area (Å²) in [5.74, 6) is 1.75. The topological polar surface area (TPSA) is 61.9 Å². The zero-order valence-corrected chi connectivity index (χ0v) is 20.6. The largest absolute Gasteiger partial charge is 0.496 e. The number of carbonyl (C=O) groups excluding carboxylic acids is 1. The van der Waals surface area contributed by atoms with E-state index < -0.39 is 0 Å². The van der Waals surface area contributed by atoms with Crippen molar-refractivity contribution < 1.29 is 9.53 Å². The minimum atomic E-state index is 0.0559. The van der Waals surface area contributed by atoms with Crippen molar-refractivity contribution in [1.29, 1.82) is 0 Å². The van der Waals surface area contributed by atoms with Crippen LogP contribution < -0.4 is 4.74 Å². The molecule has 0 saturated heterocycles. The number of halogens is 1. The zero-order valence-electron chi connectivity index (χ0n) is 19.0. The molecule has 2 aromatic carbocycles. The number of aromatic nitrogens is 4. The van der Waals surface area contributed by atoms with Crippen molar-refractivity contribution in [1.82, 2.24) is 19.3 Å². The Balaban J connectivity index is 1.50. The third-order valence-electron chi connectivity index (χ3n) is 5.68. The van der Waals surface area contributed by atoms with Crippen LogP contribution in [0, 0.1) is 13.8 Å². The Hall–Kier alpha value is -3.03. The Morgan fingerprint density at radius 1 is 1.09 bits per heavy atom. The first-order valence-electron chi connectivity index (χ1n) is 10.5. The molecule has 170 valence electrons. The summed E-state index contributed by atoms with van der Waals surface area (Å²) in [6, 6.07) is 17.4. The van der Waals surface area contributed by atoms with Crippen molar-refractivity contribution >= 4 is 29.1 Å². The number of hydrogen-bond donors (Lipinski definition) is 0. The molecule has 0 fully saturated rings. The number of nitrogens with zero attached hydrogens (tertiary/aromatic N) is 4. The standard InChI is InChI=1S/C25H25ClN4O2S/c1-16-13-20(17(2)30(16)14-18-9-5-7-11-21(18)26)22(31)15-33-25-28-27-24(29(25)3)19-10-6-8-12-23(19)32-4/h5-13H,14-15H2,1-4H3. The van der Waals surface area contributed by atoms with Crippen LogP contribution in [0.4, 0.5) is 0 Å². The van der Waals surface area contributed by atoms with Crippen molar-refractivity contribution in [3.8, 4) is 17.1 Å². The molecule has 0 bridgehead atoms. The van der Waals surface area contributed by atoms with Gasteiger partial charge in [0.25, 0.3) is 0 Å². The smallest absolute Gasteiger partial charge is 0.191 e. The number of ether oxygens (including phenoxy) is 1. The lowest BCUT2D eigenvalue weighted by Crippen LogP contribution is -2.08. The summed E-state index contributed by atoms with van der Waals surface area (Å²) >= 11 is 7.72. The van der Waals surface area contributed by atoms with E-state index in [1.807, 2.05) is 80.1 Å². The molecule has 6 nitrogen and oxygen atoms in total. The highest BCUT2D eigenvalue weighted by molar-refractivity contribution is 7.99. The minimum Gasteiger partial charge on any atom is -0.496 e. The molecule has 0 aliphatic heterocycles. The molecule has 0 atom stereocenters. The predicted octanol–water partition coefficient (Wildman–Crippen LogP) is 5.59. The Bertz CT molecular complexity index is 1310. The van der Waals surface area contributed by atoms with E-state index in [0.29, 0.717) is 17.5 Å². The van der Waals surface area contributed by atoms with E-state index in [4.69, 9.17) is 16.3 Å². The molecule has 0 saturated carbocycles. The maximum Gasteiger partial charge on any atom is 0.191 e. The number of hydrogen-bond acceptors (Lipinski definition) is 5. The molecule has 2 heterocycles. The average Bonchev–Trinajstić information content (AvgIpc) is 3.32. The SMILES string of the molecule is COc1ccccc1-c1nnc(SCC(=O)c2cc(C)n(Cc3ccccc3Cl)c2C)n1C. The number of rotatable bonds is 8. The van der Waals surface area contributed by atoms with Gasteiger partial charge in [-0.3, -0.25) is 4.79 Å². The van der Waals surface area contributed by atoms with E-state index in [0.717, 1.165) is 38.9 Å². The van der Waals surface area contributed by atoms with Crippen LogP contribution in [0.3, 0.4) is 0 Å². The summed E-state index contributed by atoms with van der Waals surface area (Å²) in [5.41, 5.74) is 4.57. The summed E-state index contributed by atoms with van der Waals surface area (Å²) in [5, 5.41) is 10.0. The molecule has 0 radical (unpaired) electrons. The first-order valence-corrected chi connectivity index (χ1v) is 11.9. The summed E-state index contributed by atoms with van der Waals surface area (Å²) in [7, 11) is 3.52. The maximum atomic E-state index is 13.1. The quantitative estimate of drug-likeness (QED) is 0.243. The molecule has 8 heteroatoms. The van der Waals surface area contributed by atoms with Gasteiger partial charge in [-0.1, -0.05) is 53.7 Å². The van der Waals surface area contributed by atoms with Crippen molar-refractivity contribution in [2.45, 2.75) is 25.5 Å². The van der Waals surface area contributed by atoms with Gasteiger partial charge in [0.15, 0.2) is 16.8 Å². The van der Waals surface area contributed by atoms with Crippen molar-refractivity contribution in [2.75, 3.05) is 12.9 Å². The van der Waals surface area contributed by atoms with Gasteiger partial charge in [0.2, 0.25) is 0 Å². The van der Waals surface area contributed by atoms with Gasteiger partial charge in [0.05, 0.1) is 18.4 Å². The van der Waals surface area contributed by atoms with E-state index in [9.17, 15) is 4.79 Å². The Labute approximate surface area is 202 Å². The van der Waals surface area contributed by atoms with Gasteiger partial charge in [-0.2, -0.15) is 0 Å². The fourth-order valence-corrected chi connectivity index (χ4v) is 4.83. The van der Waals surface area contributed by atoms with Crippen LogP contribution in [-0.4, -0.2) is 38.0 Å². The van der Waals surface area contributed by atoms with Gasteiger partial charge in [0.1, 0.15) is 5.75 Å². The first kappa shape index (κ1) is 23.1. The number of benzene rings is 2. The highest BCUT2D eigenvalue weighted by Crippen LogP contribution is 2.30. The van der Waals surface area contributed by atoms with Crippen LogP contribution in [-0.2, 0) is 13.6 Å². The summed E-state index contributed by atoms with van der Waals surface area (Å²) in [6.07, 6.45) is 0. The lowest BCUT2D eigenvalue weighted by atomic mass is 10.2. The molecule has 0 unspecified atom stereocenters. The van der Waals surface area contributed by atoms with E-state index in [1.54, 1.807) is 7.11 Å². The number of thioether (sulfide) groups is 1. The van der Waals surface area contributed by atoms with Gasteiger partial charge in [0, 0.05) is 35.6 Å². The number of aryl methyl sites for hydroxylation is 1. The molecule has 0 amide bonds. The molecular weight excluding hydrogens is 456 g/mol. The van der Waals surface area contributed by atoms with Crippen molar-refractivity contribution in [3.63, 3.8) is 0 Å². The van der Waals surface area contributed by atoms with E-state index >= 15 is 0 Å². The normalized spacial score (nSPS) is 11.1. The Morgan fingerprint density at radius 2 is 1.82 bits per heavy atom. The Kier molecular flexibility index (Phi) is 6.91. The second-order valence-electron chi connectivity index (χ2n) is 7.74. The molecule has 33 heavy (non-hydrogen) atoms. The zero-order chi connectivity index (χ0) is 23.5. The molecular formula is C25H25ClN4O2S. The van der Waals surface area contributed by atoms with Gasteiger partial charge >= 0.3 is 0 Å². The van der Waals surface area contributed by atoms with Crippen LogP contribution in [0.25, 0.3) is 11.4 Å². The van der Waals surface area contributed by atoms with E-state index in [-0.39, 0.29) is 11.5 Å². The molecule has 0 aliphatic rings. The average molecular weight is 481 g/mol. The number of carbonyl (C=O) groups is 1. The number of ketones is 1. The number of para-hydroxylation sites is 1. The van der Waals surface area contributed by atoms with E-state index in [2.05, 4.69) is 14.8 Å². The van der Waals surface area contributed by atoms with Crippen LogP contribution in [0.1, 0.15) is 27.3 Å². The van der Waals surface area contributed by atoms with Gasteiger partial charge in [-0.25, -0.2) is 0 Å². The fourth-order valence-electron chi connectivity index (χ4n) is 3.84. The molecule has 4 aromatic rings.